The van der Waals surface area contributed by atoms with Gasteiger partial charge in [-0.3, -0.25) is 4.57 Å². The molecule has 20 heavy (non-hydrogen) atoms. The summed E-state index contributed by atoms with van der Waals surface area (Å²) in [5.74, 6) is -4.07. The van der Waals surface area contributed by atoms with E-state index in [-0.39, 0.29) is 10.5 Å². The Kier molecular flexibility index (Phi) is 3.07. The van der Waals surface area contributed by atoms with Gasteiger partial charge in [0.1, 0.15) is 0 Å². The normalized spacial score (nSPS) is 11.2. The summed E-state index contributed by atoms with van der Waals surface area (Å²) in [6.07, 6.45) is 0. The highest BCUT2D eigenvalue weighted by atomic mass is 35.5. The van der Waals surface area contributed by atoms with E-state index in [1.54, 1.807) is 18.2 Å². The molecule has 3 rings (SSSR count). The Morgan fingerprint density at radius 2 is 1.70 bits per heavy atom. The van der Waals surface area contributed by atoms with Crippen LogP contribution in [0.2, 0.25) is 5.02 Å². The summed E-state index contributed by atoms with van der Waals surface area (Å²) in [5.41, 5.74) is 1.29. The molecule has 7 heteroatoms. The molecule has 0 atom stereocenters. The average Bonchev–Trinajstić information content (AvgIpc) is 2.70. The van der Waals surface area contributed by atoms with Crippen molar-refractivity contribution >= 4 is 34.9 Å². The van der Waals surface area contributed by atoms with Crippen LogP contribution < -0.4 is 0 Å². The van der Waals surface area contributed by atoms with Crippen molar-refractivity contribution < 1.29 is 13.2 Å². The second-order valence-corrected chi connectivity index (χ2v) is 4.97. The maximum absolute atomic E-state index is 13.3. The summed E-state index contributed by atoms with van der Waals surface area (Å²) in [7, 11) is 0. The zero-order chi connectivity index (χ0) is 14.4. The lowest BCUT2D eigenvalue weighted by Crippen LogP contribution is -1.99. The highest BCUT2D eigenvalue weighted by Crippen LogP contribution is 2.24. The minimum absolute atomic E-state index is 0.0833. The standard InChI is InChI=1S/C13H6ClF3N2S/c14-6-1-2-10-11(3-6)19(13(20)18-10)7-4-8(15)12(17)9(16)5-7/h1-5H,(H,18,20). The molecule has 2 nitrogen and oxygen atoms in total. The number of nitrogens with zero attached hydrogens (tertiary/aromatic N) is 1. The van der Waals surface area contributed by atoms with Gasteiger partial charge in [0.2, 0.25) is 0 Å². The smallest absolute Gasteiger partial charge is 0.194 e. The Bertz CT molecular complexity index is 862. The highest BCUT2D eigenvalue weighted by molar-refractivity contribution is 7.71. The van der Waals surface area contributed by atoms with Crippen LogP contribution in [0.15, 0.2) is 30.3 Å². The lowest BCUT2D eigenvalue weighted by Gasteiger charge is -2.06. The number of rotatable bonds is 1. The summed E-state index contributed by atoms with van der Waals surface area (Å²) in [6, 6.07) is 6.71. The molecular weight excluding hydrogens is 309 g/mol. The van der Waals surface area contributed by atoms with E-state index in [9.17, 15) is 13.2 Å². The first-order valence-corrected chi connectivity index (χ1v) is 6.31. The maximum atomic E-state index is 13.3. The number of imidazole rings is 1. The molecule has 1 aromatic heterocycles. The van der Waals surface area contributed by atoms with E-state index in [1.807, 2.05) is 0 Å². The summed E-state index contributed by atoms with van der Waals surface area (Å²) >= 11 is 11.0. The van der Waals surface area contributed by atoms with Crippen molar-refractivity contribution in [3.63, 3.8) is 0 Å². The third-order valence-corrected chi connectivity index (χ3v) is 3.39. The molecule has 2 aromatic carbocycles. The van der Waals surface area contributed by atoms with Gasteiger partial charge in [-0.05, 0) is 30.4 Å². The molecule has 0 unspecified atom stereocenters. The van der Waals surface area contributed by atoms with E-state index in [2.05, 4.69) is 4.98 Å². The van der Waals surface area contributed by atoms with Crippen LogP contribution in [0.4, 0.5) is 13.2 Å². The number of aromatic nitrogens is 2. The van der Waals surface area contributed by atoms with Crippen molar-refractivity contribution in [3.05, 3.63) is 57.6 Å². The van der Waals surface area contributed by atoms with Crippen LogP contribution in [0, 0.1) is 22.2 Å². The first-order chi connectivity index (χ1) is 9.47. The fraction of sp³-hybridized carbons (Fsp3) is 0. The van der Waals surface area contributed by atoms with Crippen molar-refractivity contribution in [1.82, 2.24) is 9.55 Å². The maximum Gasteiger partial charge on any atom is 0.194 e. The van der Waals surface area contributed by atoms with Crippen molar-refractivity contribution in [2.45, 2.75) is 0 Å². The summed E-state index contributed by atoms with van der Waals surface area (Å²) in [6.45, 7) is 0. The first-order valence-electron chi connectivity index (χ1n) is 5.52. The number of benzene rings is 2. The van der Waals surface area contributed by atoms with Crippen molar-refractivity contribution in [1.29, 1.82) is 0 Å². The minimum Gasteiger partial charge on any atom is -0.330 e. The van der Waals surface area contributed by atoms with Crippen LogP contribution in [0.1, 0.15) is 0 Å². The van der Waals surface area contributed by atoms with Gasteiger partial charge < -0.3 is 4.98 Å². The van der Waals surface area contributed by atoms with Gasteiger partial charge in [0.15, 0.2) is 22.2 Å². The second-order valence-electron chi connectivity index (χ2n) is 4.15. The molecule has 0 saturated heterocycles. The van der Waals surface area contributed by atoms with Crippen LogP contribution in [0.25, 0.3) is 16.7 Å². The van der Waals surface area contributed by atoms with Crippen LogP contribution in [-0.2, 0) is 0 Å². The van der Waals surface area contributed by atoms with E-state index in [4.69, 9.17) is 23.8 Å². The van der Waals surface area contributed by atoms with Crippen molar-refractivity contribution in [2.75, 3.05) is 0 Å². The van der Waals surface area contributed by atoms with Gasteiger partial charge >= 0.3 is 0 Å². The van der Waals surface area contributed by atoms with Gasteiger partial charge in [0.25, 0.3) is 0 Å². The molecule has 1 heterocycles. The molecular formula is C13H6ClF3N2S. The molecule has 0 aliphatic rings. The zero-order valence-electron chi connectivity index (χ0n) is 9.75. The van der Waals surface area contributed by atoms with E-state index >= 15 is 0 Å². The number of hydrogen-bond acceptors (Lipinski definition) is 1. The van der Waals surface area contributed by atoms with Crippen LogP contribution >= 0.6 is 23.8 Å². The predicted octanol–water partition coefficient (Wildman–Crippen LogP) is 4.76. The van der Waals surface area contributed by atoms with Gasteiger partial charge in [-0.2, -0.15) is 0 Å². The number of H-pyrrole nitrogens is 1. The SMILES string of the molecule is Fc1cc(-n2c(=S)[nH]c3ccc(Cl)cc32)cc(F)c1F. The number of aromatic amines is 1. The Hall–Kier alpha value is -1.79. The van der Waals surface area contributed by atoms with Gasteiger partial charge in [-0.15, -0.1) is 0 Å². The molecule has 1 N–H and O–H groups in total. The van der Waals surface area contributed by atoms with Crippen LogP contribution in [-0.4, -0.2) is 9.55 Å². The minimum atomic E-state index is -1.52. The molecule has 0 aliphatic heterocycles. The Labute approximate surface area is 121 Å². The van der Waals surface area contributed by atoms with Crippen molar-refractivity contribution in [2.24, 2.45) is 0 Å². The van der Waals surface area contributed by atoms with Gasteiger partial charge in [0, 0.05) is 17.2 Å². The van der Waals surface area contributed by atoms with Crippen LogP contribution in [0.5, 0.6) is 0 Å². The largest absolute Gasteiger partial charge is 0.330 e. The predicted molar refractivity (Wildman–Crippen MR) is 73.3 cm³/mol. The summed E-state index contributed by atoms with van der Waals surface area (Å²) < 4.78 is 41.3. The Balaban J connectivity index is 2.37. The highest BCUT2D eigenvalue weighted by Gasteiger charge is 2.14. The third kappa shape index (κ3) is 2.01. The topological polar surface area (TPSA) is 20.7 Å². The second kappa shape index (κ2) is 4.64. The molecule has 0 radical (unpaired) electrons. The van der Waals surface area contributed by atoms with Crippen molar-refractivity contribution in [3.8, 4) is 5.69 Å². The molecule has 0 aliphatic carbocycles. The van der Waals surface area contributed by atoms with E-state index in [0.29, 0.717) is 16.1 Å². The molecule has 0 amide bonds. The fourth-order valence-electron chi connectivity index (χ4n) is 2.00. The average molecular weight is 315 g/mol. The number of nitrogens with one attached hydrogen (secondary N) is 1. The van der Waals surface area contributed by atoms with E-state index in [1.165, 1.54) is 4.57 Å². The number of hydrogen-bond donors (Lipinski definition) is 1. The Morgan fingerprint density at radius 3 is 2.35 bits per heavy atom. The van der Waals surface area contributed by atoms with E-state index in [0.717, 1.165) is 12.1 Å². The molecule has 102 valence electrons. The number of fused-ring (bicyclic) bond motifs is 1. The first kappa shape index (κ1) is 13.2. The van der Waals surface area contributed by atoms with Gasteiger partial charge in [0.05, 0.1) is 16.7 Å². The van der Waals surface area contributed by atoms with Gasteiger partial charge in [-0.25, -0.2) is 13.2 Å². The number of halogens is 4. The van der Waals surface area contributed by atoms with Crippen LogP contribution in [0.3, 0.4) is 0 Å². The monoisotopic (exact) mass is 314 g/mol. The summed E-state index contributed by atoms with van der Waals surface area (Å²) in [5, 5.41) is 0.448. The van der Waals surface area contributed by atoms with E-state index < -0.39 is 17.5 Å². The quantitative estimate of drug-likeness (QED) is 0.507. The zero-order valence-corrected chi connectivity index (χ0v) is 11.3. The summed E-state index contributed by atoms with van der Waals surface area (Å²) in [4.78, 5) is 2.89. The fourth-order valence-corrected chi connectivity index (χ4v) is 2.48. The molecule has 0 fully saturated rings. The molecule has 0 bridgehead atoms. The lowest BCUT2D eigenvalue weighted by molar-refractivity contribution is 0.446. The Morgan fingerprint density at radius 1 is 1.05 bits per heavy atom. The molecule has 3 aromatic rings. The third-order valence-electron chi connectivity index (χ3n) is 2.87. The molecule has 0 spiro atoms. The molecule has 0 saturated carbocycles. The lowest BCUT2D eigenvalue weighted by atomic mass is 10.2. The van der Waals surface area contributed by atoms with Gasteiger partial charge in [-0.1, -0.05) is 11.6 Å².